The van der Waals surface area contributed by atoms with Crippen molar-refractivity contribution in [1.82, 2.24) is 25.5 Å². The molecular weight excluding hydrogens is 332 g/mol. The Morgan fingerprint density at radius 2 is 1.92 bits per heavy atom. The standard InChI is InChI=1S/C16H13F2N5O2/c1-25-12-5-3-11(4-6-12)23-15(20-21-22-23)9-19-16(24)10-2-7-13(17)14(18)8-10/h2-8H,9H2,1H3,(H,19,24). The van der Waals surface area contributed by atoms with Crippen LogP contribution in [-0.2, 0) is 6.54 Å². The van der Waals surface area contributed by atoms with Gasteiger partial charge in [-0.3, -0.25) is 4.79 Å². The van der Waals surface area contributed by atoms with Gasteiger partial charge in [0.05, 0.1) is 19.3 Å². The number of halogens is 2. The summed E-state index contributed by atoms with van der Waals surface area (Å²) in [7, 11) is 1.56. The van der Waals surface area contributed by atoms with E-state index in [2.05, 4.69) is 20.8 Å². The first kappa shape index (κ1) is 16.5. The molecule has 0 atom stereocenters. The van der Waals surface area contributed by atoms with Crippen molar-refractivity contribution in [3.8, 4) is 11.4 Å². The SMILES string of the molecule is COc1ccc(-n2nnnc2CNC(=O)c2ccc(F)c(F)c2)cc1. The van der Waals surface area contributed by atoms with Gasteiger partial charge in [0, 0.05) is 5.56 Å². The Morgan fingerprint density at radius 3 is 2.60 bits per heavy atom. The summed E-state index contributed by atoms with van der Waals surface area (Å²) in [5.74, 6) is -1.61. The van der Waals surface area contributed by atoms with Crippen LogP contribution in [0.3, 0.4) is 0 Å². The van der Waals surface area contributed by atoms with E-state index in [-0.39, 0.29) is 12.1 Å². The van der Waals surface area contributed by atoms with Crippen LogP contribution in [-0.4, -0.2) is 33.2 Å². The zero-order chi connectivity index (χ0) is 17.8. The predicted octanol–water partition coefficient (Wildman–Crippen LogP) is 1.88. The third-order valence-corrected chi connectivity index (χ3v) is 3.44. The van der Waals surface area contributed by atoms with E-state index in [1.807, 2.05) is 0 Å². The summed E-state index contributed by atoms with van der Waals surface area (Å²) >= 11 is 0. The molecular formula is C16H13F2N5O2. The van der Waals surface area contributed by atoms with Crippen molar-refractivity contribution in [3.05, 3.63) is 65.5 Å². The topological polar surface area (TPSA) is 81.9 Å². The molecule has 3 rings (SSSR count). The number of methoxy groups -OCH3 is 1. The normalized spacial score (nSPS) is 10.5. The van der Waals surface area contributed by atoms with Crippen LogP contribution in [0.15, 0.2) is 42.5 Å². The monoisotopic (exact) mass is 345 g/mol. The van der Waals surface area contributed by atoms with Crippen molar-refractivity contribution >= 4 is 5.91 Å². The molecule has 0 aliphatic rings. The van der Waals surface area contributed by atoms with Gasteiger partial charge < -0.3 is 10.1 Å². The van der Waals surface area contributed by atoms with E-state index in [1.54, 1.807) is 31.4 Å². The van der Waals surface area contributed by atoms with Gasteiger partial charge in [0.25, 0.3) is 5.91 Å². The van der Waals surface area contributed by atoms with Crippen LogP contribution in [0.5, 0.6) is 5.75 Å². The lowest BCUT2D eigenvalue weighted by Gasteiger charge is -2.07. The number of amides is 1. The first-order valence-electron chi connectivity index (χ1n) is 7.23. The number of carbonyl (C=O) groups excluding carboxylic acids is 1. The van der Waals surface area contributed by atoms with Crippen LogP contribution in [0.2, 0.25) is 0 Å². The van der Waals surface area contributed by atoms with E-state index in [0.29, 0.717) is 17.3 Å². The molecule has 7 nitrogen and oxygen atoms in total. The number of nitrogens with one attached hydrogen (secondary N) is 1. The summed E-state index contributed by atoms with van der Waals surface area (Å²) < 4.78 is 32.7. The lowest BCUT2D eigenvalue weighted by atomic mass is 10.2. The van der Waals surface area contributed by atoms with Gasteiger partial charge in [-0.2, -0.15) is 4.68 Å². The molecule has 1 heterocycles. The minimum Gasteiger partial charge on any atom is -0.497 e. The van der Waals surface area contributed by atoms with Crippen LogP contribution < -0.4 is 10.1 Å². The second-order valence-corrected chi connectivity index (χ2v) is 5.02. The van der Waals surface area contributed by atoms with Crippen LogP contribution in [0.4, 0.5) is 8.78 Å². The first-order chi connectivity index (χ1) is 12.1. The molecule has 1 N–H and O–H groups in total. The maximum atomic E-state index is 13.2. The molecule has 0 unspecified atom stereocenters. The fourth-order valence-electron chi connectivity index (χ4n) is 2.14. The predicted molar refractivity (Wildman–Crippen MR) is 83.2 cm³/mol. The average Bonchev–Trinajstić information content (AvgIpc) is 3.10. The number of nitrogens with zero attached hydrogens (tertiary/aromatic N) is 4. The molecule has 3 aromatic rings. The Morgan fingerprint density at radius 1 is 1.16 bits per heavy atom. The Balaban J connectivity index is 1.72. The number of aromatic nitrogens is 4. The van der Waals surface area contributed by atoms with Crippen molar-refractivity contribution in [2.45, 2.75) is 6.54 Å². The highest BCUT2D eigenvalue weighted by atomic mass is 19.2. The molecule has 0 fully saturated rings. The summed E-state index contributed by atoms with van der Waals surface area (Å²) in [6.45, 7) is 0.0108. The molecule has 128 valence electrons. The largest absolute Gasteiger partial charge is 0.497 e. The molecule has 2 aromatic carbocycles. The van der Waals surface area contributed by atoms with Gasteiger partial charge in [-0.15, -0.1) is 5.10 Å². The minimum atomic E-state index is -1.09. The van der Waals surface area contributed by atoms with Crippen molar-refractivity contribution in [2.24, 2.45) is 0 Å². The highest BCUT2D eigenvalue weighted by Gasteiger charge is 2.13. The molecule has 0 radical (unpaired) electrons. The third-order valence-electron chi connectivity index (χ3n) is 3.44. The fraction of sp³-hybridized carbons (Fsp3) is 0.125. The lowest BCUT2D eigenvalue weighted by molar-refractivity contribution is 0.0949. The van der Waals surface area contributed by atoms with Crippen LogP contribution in [0.25, 0.3) is 5.69 Å². The van der Waals surface area contributed by atoms with E-state index in [1.165, 1.54) is 10.7 Å². The number of ether oxygens (including phenoxy) is 1. The highest BCUT2D eigenvalue weighted by Crippen LogP contribution is 2.15. The fourth-order valence-corrected chi connectivity index (χ4v) is 2.14. The molecule has 0 aliphatic carbocycles. The van der Waals surface area contributed by atoms with Crippen molar-refractivity contribution in [2.75, 3.05) is 7.11 Å². The average molecular weight is 345 g/mol. The van der Waals surface area contributed by atoms with Gasteiger partial charge in [-0.25, -0.2) is 8.78 Å². The smallest absolute Gasteiger partial charge is 0.251 e. The van der Waals surface area contributed by atoms with Gasteiger partial charge in [0.2, 0.25) is 0 Å². The maximum Gasteiger partial charge on any atom is 0.251 e. The number of hydrogen-bond acceptors (Lipinski definition) is 5. The molecule has 25 heavy (non-hydrogen) atoms. The molecule has 0 aliphatic heterocycles. The van der Waals surface area contributed by atoms with Crippen LogP contribution in [0.1, 0.15) is 16.2 Å². The molecule has 0 bridgehead atoms. The number of rotatable bonds is 5. The van der Waals surface area contributed by atoms with Gasteiger partial charge in [0.1, 0.15) is 5.75 Å². The second-order valence-electron chi connectivity index (χ2n) is 5.02. The highest BCUT2D eigenvalue weighted by molar-refractivity contribution is 5.94. The Hall–Kier alpha value is -3.36. The van der Waals surface area contributed by atoms with E-state index in [0.717, 1.165) is 12.1 Å². The van der Waals surface area contributed by atoms with Crippen molar-refractivity contribution < 1.29 is 18.3 Å². The van der Waals surface area contributed by atoms with E-state index in [9.17, 15) is 13.6 Å². The summed E-state index contributed by atoms with van der Waals surface area (Å²) in [5, 5.41) is 13.9. The van der Waals surface area contributed by atoms with Crippen molar-refractivity contribution in [1.29, 1.82) is 0 Å². The summed E-state index contributed by atoms with van der Waals surface area (Å²) in [6.07, 6.45) is 0. The molecule has 0 saturated heterocycles. The quantitative estimate of drug-likeness (QED) is 0.763. The molecule has 1 amide bonds. The Bertz CT molecular complexity index is 896. The van der Waals surface area contributed by atoms with E-state index >= 15 is 0 Å². The van der Waals surface area contributed by atoms with Gasteiger partial charge >= 0.3 is 0 Å². The minimum absolute atomic E-state index is 0.00220. The van der Waals surface area contributed by atoms with Gasteiger partial charge in [-0.1, -0.05) is 0 Å². The zero-order valence-electron chi connectivity index (χ0n) is 13.1. The zero-order valence-corrected chi connectivity index (χ0v) is 13.1. The van der Waals surface area contributed by atoms with Crippen LogP contribution >= 0.6 is 0 Å². The molecule has 0 spiro atoms. The number of benzene rings is 2. The van der Waals surface area contributed by atoms with Gasteiger partial charge in [-0.05, 0) is 52.9 Å². The Kier molecular flexibility index (Phi) is 4.64. The molecule has 1 aromatic heterocycles. The molecule has 9 heteroatoms. The molecule has 0 saturated carbocycles. The lowest BCUT2D eigenvalue weighted by Crippen LogP contribution is -2.25. The number of hydrogen-bond donors (Lipinski definition) is 1. The van der Waals surface area contributed by atoms with Crippen molar-refractivity contribution in [3.63, 3.8) is 0 Å². The second kappa shape index (κ2) is 7.04. The van der Waals surface area contributed by atoms with E-state index in [4.69, 9.17) is 4.74 Å². The van der Waals surface area contributed by atoms with E-state index < -0.39 is 17.5 Å². The number of carbonyl (C=O) groups is 1. The third kappa shape index (κ3) is 3.60. The number of tetrazole rings is 1. The van der Waals surface area contributed by atoms with Crippen LogP contribution in [0, 0.1) is 11.6 Å². The maximum absolute atomic E-state index is 13.2. The summed E-state index contributed by atoms with van der Waals surface area (Å²) in [5.41, 5.74) is 0.685. The summed E-state index contributed by atoms with van der Waals surface area (Å²) in [6, 6.07) is 9.94. The summed E-state index contributed by atoms with van der Waals surface area (Å²) in [4.78, 5) is 12.0. The van der Waals surface area contributed by atoms with Gasteiger partial charge in [0.15, 0.2) is 17.5 Å². The Labute approximate surface area is 141 Å². The first-order valence-corrected chi connectivity index (χ1v) is 7.23.